The van der Waals surface area contributed by atoms with Crippen LogP contribution in [0.4, 0.5) is 0 Å². The van der Waals surface area contributed by atoms with Gasteiger partial charge in [0.1, 0.15) is 11.3 Å². The highest BCUT2D eigenvalue weighted by Crippen LogP contribution is 2.25. The van der Waals surface area contributed by atoms with Crippen molar-refractivity contribution in [3.63, 3.8) is 0 Å². The third kappa shape index (κ3) is 2.35. The van der Waals surface area contributed by atoms with Gasteiger partial charge in [0.2, 0.25) is 5.78 Å². The Bertz CT molecular complexity index is 370. The van der Waals surface area contributed by atoms with Gasteiger partial charge in [0.05, 0.1) is 10.7 Å². The Labute approximate surface area is 104 Å². The second kappa shape index (κ2) is 5.10. The number of ketones is 1. The smallest absolute Gasteiger partial charge is 0.213 e. The van der Waals surface area contributed by atoms with Crippen molar-refractivity contribution in [2.24, 2.45) is 7.05 Å². The fourth-order valence-electron chi connectivity index (χ4n) is 1.56. The van der Waals surface area contributed by atoms with Gasteiger partial charge in [0.15, 0.2) is 0 Å². The number of ether oxygens (including phenoxy) is 1. The molecule has 0 aliphatic rings. The molecule has 1 aromatic rings. The van der Waals surface area contributed by atoms with Crippen LogP contribution in [0.5, 0.6) is 0 Å². The molecule has 0 aromatic carbocycles. The monoisotopic (exact) mass is 288 g/mol. The van der Waals surface area contributed by atoms with Crippen LogP contribution >= 0.6 is 15.9 Å². The van der Waals surface area contributed by atoms with E-state index >= 15 is 0 Å². The lowest BCUT2D eigenvalue weighted by Gasteiger charge is -2.26. The van der Waals surface area contributed by atoms with Crippen LogP contribution in [0.2, 0.25) is 0 Å². The van der Waals surface area contributed by atoms with Crippen LogP contribution in [-0.2, 0) is 11.8 Å². The molecule has 0 bridgehead atoms. The summed E-state index contributed by atoms with van der Waals surface area (Å²) in [5.74, 6) is -0.0382. The third-order valence-corrected chi connectivity index (χ3v) is 3.31. The topological polar surface area (TPSA) is 44.1 Å². The lowest BCUT2D eigenvalue weighted by Crippen LogP contribution is -2.39. The number of hydrogen-bond donors (Lipinski definition) is 0. The molecule has 0 aliphatic heterocycles. The Morgan fingerprint density at radius 2 is 2.25 bits per heavy atom. The van der Waals surface area contributed by atoms with Crippen molar-refractivity contribution in [2.45, 2.75) is 32.8 Å². The predicted molar refractivity (Wildman–Crippen MR) is 65.6 cm³/mol. The summed E-state index contributed by atoms with van der Waals surface area (Å²) in [7, 11) is 1.75. The van der Waals surface area contributed by atoms with Crippen LogP contribution in [0.1, 0.15) is 37.7 Å². The van der Waals surface area contributed by atoms with Crippen LogP contribution in [0, 0.1) is 0 Å². The van der Waals surface area contributed by atoms with Gasteiger partial charge in [-0.15, -0.1) is 0 Å². The zero-order valence-corrected chi connectivity index (χ0v) is 11.7. The van der Waals surface area contributed by atoms with Crippen LogP contribution in [0.25, 0.3) is 0 Å². The van der Waals surface area contributed by atoms with E-state index in [9.17, 15) is 4.79 Å². The van der Waals surface area contributed by atoms with E-state index in [0.717, 1.165) is 0 Å². The Morgan fingerprint density at radius 1 is 1.62 bits per heavy atom. The van der Waals surface area contributed by atoms with Gasteiger partial charge in [-0.2, -0.15) is 5.10 Å². The number of carbonyl (C=O) groups is 1. The van der Waals surface area contributed by atoms with E-state index in [1.807, 2.05) is 20.8 Å². The first-order chi connectivity index (χ1) is 7.46. The quantitative estimate of drug-likeness (QED) is 0.782. The molecule has 0 radical (unpaired) electrons. The Morgan fingerprint density at radius 3 is 2.62 bits per heavy atom. The molecule has 1 unspecified atom stereocenters. The number of aromatic nitrogens is 2. The fraction of sp³-hybridized carbons (Fsp3) is 0.636. The summed E-state index contributed by atoms with van der Waals surface area (Å²) in [5.41, 5.74) is -0.219. The van der Waals surface area contributed by atoms with Gasteiger partial charge in [-0.3, -0.25) is 9.48 Å². The maximum atomic E-state index is 12.4. The summed E-state index contributed by atoms with van der Waals surface area (Å²) < 4.78 is 7.84. The van der Waals surface area contributed by atoms with Gasteiger partial charge in [-0.05, 0) is 36.2 Å². The second-order valence-electron chi connectivity index (χ2n) is 3.81. The van der Waals surface area contributed by atoms with Crippen molar-refractivity contribution in [3.8, 4) is 0 Å². The van der Waals surface area contributed by atoms with Crippen LogP contribution in [0.3, 0.4) is 0 Å². The minimum absolute atomic E-state index is 0.0382. The van der Waals surface area contributed by atoms with Gasteiger partial charge in [-0.1, -0.05) is 6.92 Å². The molecule has 0 fully saturated rings. The van der Waals surface area contributed by atoms with E-state index in [0.29, 0.717) is 23.2 Å². The molecule has 4 nitrogen and oxygen atoms in total. The zero-order valence-electron chi connectivity index (χ0n) is 10.1. The number of hydrogen-bond acceptors (Lipinski definition) is 3. The summed E-state index contributed by atoms with van der Waals surface area (Å²) in [6.07, 6.45) is 2.26. The number of rotatable bonds is 5. The lowest BCUT2D eigenvalue weighted by atomic mass is 9.95. The first-order valence-electron chi connectivity index (χ1n) is 5.32. The molecule has 0 aliphatic carbocycles. The highest BCUT2D eigenvalue weighted by atomic mass is 79.9. The molecule has 1 heterocycles. The van der Waals surface area contributed by atoms with E-state index < -0.39 is 5.60 Å². The molecule has 0 saturated heterocycles. The molecule has 0 spiro atoms. The van der Waals surface area contributed by atoms with Gasteiger partial charge < -0.3 is 4.74 Å². The van der Waals surface area contributed by atoms with Gasteiger partial charge >= 0.3 is 0 Å². The first kappa shape index (κ1) is 13.4. The van der Waals surface area contributed by atoms with Crippen molar-refractivity contribution in [1.82, 2.24) is 9.78 Å². The van der Waals surface area contributed by atoms with Crippen LogP contribution in [0.15, 0.2) is 10.7 Å². The number of halogens is 1. The average Bonchev–Trinajstić information content (AvgIpc) is 2.58. The highest BCUT2D eigenvalue weighted by Gasteiger charge is 2.35. The second-order valence-corrected chi connectivity index (χ2v) is 4.67. The summed E-state index contributed by atoms with van der Waals surface area (Å²) in [6.45, 7) is 6.17. The van der Waals surface area contributed by atoms with Crippen molar-refractivity contribution >= 4 is 21.7 Å². The predicted octanol–water partition coefficient (Wildman–Crippen LogP) is 2.57. The molecule has 1 atom stereocenters. The molecule has 0 N–H and O–H groups in total. The Balaban J connectivity index is 3.09. The average molecular weight is 289 g/mol. The molecule has 16 heavy (non-hydrogen) atoms. The van der Waals surface area contributed by atoms with Crippen LogP contribution in [-0.4, -0.2) is 27.8 Å². The Kier molecular flexibility index (Phi) is 4.27. The third-order valence-electron chi connectivity index (χ3n) is 2.73. The molecule has 90 valence electrons. The molecule has 1 aromatic heterocycles. The molecule has 5 heteroatoms. The number of carbonyl (C=O) groups excluding carboxylic acids is 1. The minimum atomic E-state index is -0.773. The first-order valence-corrected chi connectivity index (χ1v) is 6.11. The number of aryl methyl sites for hydroxylation is 1. The Hall–Kier alpha value is -0.680. The number of nitrogens with zero attached hydrogens (tertiary/aromatic N) is 2. The summed E-state index contributed by atoms with van der Waals surface area (Å²) in [5, 5.41) is 4.04. The SMILES string of the molecule is CCOC(C)(CC)C(=O)c1c(Br)cnn1C. The maximum Gasteiger partial charge on any atom is 0.213 e. The maximum absolute atomic E-state index is 12.4. The molecular formula is C11H17BrN2O2. The summed E-state index contributed by atoms with van der Waals surface area (Å²) in [4.78, 5) is 12.4. The zero-order chi connectivity index (χ0) is 12.3. The molecule has 0 saturated carbocycles. The highest BCUT2D eigenvalue weighted by molar-refractivity contribution is 9.10. The van der Waals surface area contributed by atoms with E-state index in [1.165, 1.54) is 0 Å². The van der Waals surface area contributed by atoms with E-state index in [4.69, 9.17) is 4.74 Å². The van der Waals surface area contributed by atoms with Crippen molar-refractivity contribution in [3.05, 3.63) is 16.4 Å². The minimum Gasteiger partial charge on any atom is -0.367 e. The molecular weight excluding hydrogens is 272 g/mol. The van der Waals surface area contributed by atoms with Crippen molar-refractivity contribution in [1.29, 1.82) is 0 Å². The molecule has 1 rings (SSSR count). The summed E-state index contributed by atoms with van der Waals surface area (Å²) >= 11 is 3.33. The number of Topliss-reactive ketones (excluding diaryl/α,β-unsaturated/α-hetero) is 1. The fourth-order valence-corrected chi connectivity index (χ4v) is 2.09. The van der Waals surface area contributed by atoms with Gasteiger partial charge in [-0.25, -0.2) is 0 Å². The van der Waals surface area contributed by atoms with E-state index in [2.05, 4.69) is 21.0 Å². The van der Waals surface area contributed by atoms with Crippen molar-refractivity contribution < 1.29 is 9.53 Å². The van der Waals surface area contributed by atoms with Gasteiger partial charge in [0.25, 0.3) is 0 Å². The summed E-state index contributed by atoms with van der Waals surface area (Å²) in [6, 6.07) is 0. The standard InChI is InChI=1S/C11H17BrN2O2/c1-5-11(3,16-6-2)10(15)9-8(12)7-13-14(9)4/h7H,5-6H2,1-4H3. The van der Waals surface area contributed by atoms with E-state index in [-0.39, 0.29) is 5.78 Å². The molecule has 0 amide bonds. The van der Waals surface area contributed by atoms with E-state index in [1.54, 1.807) is 17.9 Å². The lowest BCUT2D eigenvalue weighted by molar-refractivity contribution is -0.0123. The largest absolute Gasteiger partial charge is 0.367 e. The van der Waals surface area contributed by atoms with Crippen molar-refractivity contribution in [2.75, 3.05) is 6.61 Å². The normalized spacial score (nSPS) is 14.8. The van der Waals surface area contributed by atoms with Crippen LogP contribution < -0.4 is 0 Å². The van der Waals surface area contributed by atoms with Gasteiger partial charge in [0, 0.05) is 13.7 Å².